The van der Waals surface area contributed by atoms with Crippen molar-refractivity contribution in [2.24, 2.45) is 5.73 Å². The van der Waals surface area contributed by atoms with E-state index in [1.54, 1.807) is 0 Å². The molecule has 0 bridgehead atoms. The van der Waals surface area contributed by atoms with Crippen LogP contribution in [0.2, 0.25) is 0 Å². The van der Waals surface area contributed by atoms with E-state index >= 15 is 0 Å². The van der Waals surface area contributed by atoms with Crippen LogP contribution in [0.25, 0.3) is 0 Å². The van der Waals surface area contributed by atoms with Crippen molar-refractivity contribution in [3.05, 3.63) is 29.3 Å². The number of hydrogen-bond donors (Lipinski definition) is 1. The fourth-order valence-corrected chi connectivity index (χ4v) is 1.61. The first-order valence-electron chi connectivity index (χ1n) is 4.24. The molecule has 1 unspecified atom stereocenters. The van der Waals surface area contributed by atoms with Crippen molar-refractivity contribution in [3.8, 4) is 5.75 Å². The van der Waals surface area contributed by atoms with Crippen molar-refractivity contribution >= 4 is 0 Å². The molecule has 0 spiro atoms. The Kier molecular flexibility index (Phi) is 1.77. The van der Waals surface area contributed by atoms with E-state index in [2.05, 4.69) is 25.1 Å². The van der Waals surface area contributed by atoms with Crippen molar-refractivity contribution in [1.29, 1.82) is 0 Å². The van der Waals surface area contributed by atoms with E-state index in [-0.39, 0.29) is 6.04 Å². The van der Waals surface area contributed by atoms with Crippen LogP contribution in [-0.2, 0) is 6.42 Å². The van der Waals surface area contributed by atoms with Gasteiger partial charge >= 0.3 is 0 Å². The maximum absolute atomic E-state index is 5.77. The van der Waals surface area contributed by atoms with E-state index in [0.717, 1.165) is 12.2 Å². The smallest absolute Gasteiger partial charge is 0.125 e. The predicted molar refractivity (Wildman–Crippen MR) is 48.4 cm³/mol. The van der Waals surface area contributed by atoms with Crippen LogP contribution in [0.4, 0.5) is 0 Å². The van der Waals surface area contributed by atoms with Crippen molar-refractivity contribution < 1.29 is 4.74 Å². The zero-order valence-corrected chi connectivity index (χ0v) is 7.21. The third kappa shape index (κ3) is 1.18. The third-order valence-electron chi connectivity index (χ3n) is 2.22. The maximum atomic E-state index is 5.77. The van der Waals surface area contributed by atoms with Gasteiger partial charge in [-0.1, -0.05) is 18.2 Å². The van der Waals surface area contributed by atoms with E-state index in [1.165, 1.54) is 11.1 Å². The average Bonchev–Trinajstić information content (AvgIpc) is 2.04. The molecule has 1 atom stereocenters. The highest BCUT2D eigenvalue weighted by molar-refractivity contribution is 5.42. The van der Waals surface area contributed by atoms with E-state index < -0.39 is 0 Å². The lowest BCUT2D eigenvalue weighted by atomic mass is 10.0. The van der Waals surface area contributed by atoms with Crippen LogP contribution in [0.15, 0.2) is 18.2 Å². The number of ether oxygens (including phenoxy) is 1. The normalized spacial score (nSPS) is 21.3. The summed E-state index contributed by atoms with van der Waals surface area (Å²) in [6, 6.07) is 6.37. The number of fused-ring (bicyclic) bond motifs is 1. The van der Waals surface area contributed by atoms with Crippen LogP contribution >= 0.6 is 0 Å². The summed E-state index contributed by atoms with van der Waals surface area (Å²) in [6.07, 6.45) is 0.941. The number of benzene rings is 1. The minimum Gasteiger partial charge on any atom is -0.491 e. The third-order valence-corrected chi connectivity index (χ3v) is 2.22. The molecule has 2 heteroatoms. The van der Waals surface area contributed by atoms with E-state index in [0.29, 0.717) is 6.61 Å². The Hall–Kier alpha value is -1.02. The van der Waals surface area contributed by atoms with Gasteiger partial charge in [-0.25, -0.2) is 0 Å². The molecule has 1 heterocycles. The van der Waals surface area contributed by atoms with E-state index in [4.69, 9.17) is 10.5 Å². The molecular formula is C10H13NO. The summed E-state index contributed by atoms with van der Waals surface area (Å²) in [5.41, 5.74) is 8.23. The first-order chi connectivity index (χ1) is 5.77. The lowest BCUT2D eigenvalue weighted by Gasteiger charge is -2.23. The summed E-state index contributed by atoms with van der Waals surface area (Å²) in [6.45, 7) is 2.72. The maximum Gasteiger partial charge on any atom is 0.125 e. The van der Waals surface area contributed by atoms with Crippen LogP contribution in [0.5, 0.6) is 5.75 Å². The molecule has 64 valence electrons. The highest BCUT2D eigenvalue weighted by Crippen LogP contribution is 2.27. The highest BCUT2D eigenvalue weighted by atomic mass is 16.5. The molecule has 0 radical (unpaired) electrons. The molecule has 0 saturated heterocycles. The van der Waals surface area contributed by atoms with Gasteiger partial charge in [0, 0.05) is 6.04 Å². The van der Waals surface area contributed by atoms with E-state index in [1.807, 2.05) is 0 Å². The Labute approximate surface area is 72.3 Å². The topological polar surface area (TPSA) is 35.2 Å². The van der Waals surface area contributed by atoms with Crippen LogP contribution in [0.1, 0.15) is 11.1 Å². The van der Waals surface area contributed by atoms with Crippen molar-refractivity contribution in [2.45, 2.75) is 19.4 Å². The summed E-state index contributed by atoms with van der Waals surface area (Å²) >= 11 is 0. The van der Waals surface area contributed by atoms with Gasteiger partial charge in [0.15, 0.2) is 0 Å². The molecule has 2 rings (SSSR count). The van der Waals surface area contributed by atoms with E-state index in [9.17, 15) is 0 Å². The Bertz CT molecular complexity index is 296. The fraction of sp³-hybridized carbons (Fsp3) is 0.400. The van der Waals surface area contributed by atoms with Crippen molar-refractivity contribution in [2.75, 3.05) is 6.61 Å². The Morgan fingerprint density at radius 3 is 3.17 bits per heavy atom. The zero-order chi connectivity index (χ0) is 8.55. The Morgan fingerprint density at radius 1 is 1.50 bits per heavy atom. The lowest BCUT2D eigenvalue weighted by molar-refractivity contribution is 0.262. The fourth-order valence-electron chi connectivity index (χ4n) is 1.61. The molecule has 2 nitrogen and oxygen atoms in total. The molecule has 0 saturated carbocycles. The molecular weight excluding hydrogens is 150 g/mol. The van der Waals surface area contributed by atoms with Gasteiger partial charge in [-0.05, 0) is 24.5 Å². The predicted octanol–water partition coefficient (Wildman–Crippen LogP) is 1.26. The second kappa shape index (κ2) is 2.79. The summed E-state index contributed by atoms with van der Waals surface area (Å²) in [5, 5.41) is 0. The highest BCUT2D eigenvalue weighted by Gasteiger charge is 2.17. The molecule has 0 amide bonds. The molecule has 0 fully saturated rings. The largest absolute Gasteiger partial charge is 0.491 e. The molecule has 1 aliphatic heterocycles. The Morgan fingerprint density at radius 2 is 2.33 bits per heavy atom. The number of para-hydroxylation sites is 1. The van der Waals surface area contributed by atoms with Crippen LogP contribution in [0, 0.1) is 6.92 Å². The van der Waals surface area contributed by atoms with Gasteiger partial charge in [-0.2, -0.15) is 0 Å². The van der Waals surface area contributed by atoms with Gasteiger partial charge in [0.05, 0.1) is 0 Å². The van der Waals surface area contributed by atoms with Gasteiger partial charge in [0.25, 0.3) is 0 Å². The van der Waals surface area contributed by atoms with Crippen LogP contribution in [0.3, 0.4) is 0 Å². The first-order valence-corrected chi connectivity index (χ1v) is 4.24. The van der Waals surface area contributed by atoms with Gasteiger partial charge in [0.2, 0.25) is 0 Å². The lowest BCUT2D eigenvalue weighted by Crippen LogP contribution is -2.34. The quantitative estimate of drug-likeness (QED) is 0.625. The van der Waals surface area contributed by atoms with Crippen LogP contribution in [-0.4, -0.2) is 12.6 Å². The summed E-state index contributed by atoms with van der Waals surface area (Å²) in [7, 11) is 0. The molecule has 0 aromatic heterocycles. The van der Waals surface area contributed by atoms with Crippen LogP contribution < -0.4 is 10.5 Å². The molecule has 1 aromatic carbocycles. The molecule has 2 N–H and O–H groups in total. The number of hydrogen-bond acceptors (Lipinski definition) is 2. The van der Waals surface area contributed by atoms with Crippen molar-refractivity contribution in [1.82, 2.24) is 0 Å². The number of aryl methyl sites for hydroxylation is 1. The number of rotatable bonds is 0. The minimum atomic E-state index is 0.166. The second-order valence-corrected chi connectivity index (χ2v) is 3.34. The monoisotopic (exact) mass is 163 g/mol. The summed E-state index contributed by atoms with van der Waals surface area (Å²) in [5.74, 6) is 1.04. The SMILES string of the molecule is Cc1cccc2c1OCC(N)C2. The minimum absolute atomic E-state index is 0.166. The molecule has 12 heavy (non-hydrogen) atoms. The van der Waals surface area contributed by atoms with Gasteiger partial charge in [-0.3, -0.25) is 0 Å². The van der Waals surface area contributed by atoms with Gasteiger partial charge in [-0.15, -0.1) is 0 Å². The Balaban J connectivity index is 2.42. The molecule has 0 aliphatic carbocycles. The molecule has 1 aliphatic rings. The van der Waals surface area contributed by atoms with Crippen molar-refractivity contribution in [3.63, 3.8) is 0 Å². The first kappa shape index (κ1) is 7.62. The van der Waals surface area contributed by atoms with Gasteiger partial charge in [0.1, 0.15) is 12.4 Å². The second-order valence-electron chi connectivity index (χ2n) is 3.34. The zero-order valence-electron chi connectivity index (χ0n) is 7.21. The molecule has 1 aromatic rings. The summed E-state index contributed by atoms with van der Waals surface area (Å²) in [4.78, 5) is 0. The van der Waals surface area contributed by atoms with Gasteiger partial charge < -0.3 is 10.5 Å². The number of nitrogens with two attached hydrogens (primary N) is 1. The standard InChI is InChI=1S/C10H13NO/c1-7-3-2-4-8-5-9(11)6-12-10(7)8/h2-4,9H,5-6,11H2,1H3. The average molecular weight is 163 g/mol. The summed E-state index contributed by atoms with van der Waals surface area (Å²) < 4.78 is 5.54.